The van der Waals surface area contributed by atoms with Gasteiger partial charge in [-0.15, -0.1) is 0 Å². The van der Waals surface area contributed by atoms with E-state index in [1.807, 2.05) is 33.3 Å². The third-order valence-electron chi connectivity index (χ3n) is 14.2. The molecule has 3 unspecified atom stereocenters. The second-order valence-electron chi connectivity index (χ2n) is 22.9. The third-order valence-corrected chi connectivity index (χ3v) is 15.2. The molecule has 10 heteroatoms. The molecule has 0 radical (unpaired) electrons. The number of amides is 1. The topological polar surface area (TPSA) is 114 Å². The molecule has 0 spiro atoms. The highest BCUT2D eigenvalue weighted by molar-refractivity contribution is 7.45. The lowest BCUT2D eigenvalue weighted by Crippen LogP contribution is -2.47. The number of unbranched alkanes of at least 4 members (excludes halogenated alkanes) is 34. The van der Waals surface area contributed by atoms with Crippen molar-refractivity contribution in [2.24, 2.45) is 0 Å². The van der Waals surface area contributed by atoms with Gasteiger partial charge in [-0.3, -0.25) is 14.2 Å². The number of nitrogens with zero attached hydrogens (tertiary/aromatic N) is 1. The Morgan fingerprint density at radius 1 is 0.461 bits per heavy atom. The molecular weight excluding hydrogens is 964 g/mol. The molecule has 1 N–H and O–H groups in total. The largest absolute Gasteiger partial charge is 0.756 e. The zero-order chi connectivity index (χ0) is 55.7. The first-order valence-electron chi connectivity index (χ1n) is 32.1. The standard InChI is InChI=1S/C66H123N2O7P/c1-7-10-13-16-19-22-25-28-30-32-33-34-35-37-38-40-43-46-49-52-55-58-65(69)67-63(62-74-76(71,72)73-61-60-68(4,5)6)64(57-54-51-48-45-42-27-24-21-18-15-12-9-3)75-66(70)59-56-53-50-47-44-41-39-36-31-29-26-23-20-17-14-11-8-2/h19,22,28,30,33-34,37-38,54,57,63-64H,7-18,20-21,23-27,29,31-32,35-36,39-53,55-56,58-62H2,1-6H3,(H-,67,69,71,72)/b22-19-,30-28-,34-33-,38-37-,57-54+. The van der Waals surface area contributed by atoms with Gasteiger partial charge in [0.25, 0.3) is 7.82 Å². The molecule has 3 atom stereocenters. The first-order chi connectivity index (χ1) is 36.9. The van der Waals surface area contributed by atoms with Gasteiger partial charge in [0.05, 0.1) is 33.8 Å². The van der Waals surface area contributed by atoms with E-state index in [4.69, 9.17) is 13.8 Å². The minimum atomic E-state index is -4.70. The number of esters is 1. The summed E-state index contributed by atoms with van der Waals surface area (Å²) in [5.41, 5.74) is 0. The molecule has 0 aromatic heterocycles. The van der Waals surface area contributed by atoms with Gasteiger partial charge in [0, 0.05) is 12.8 Å². The maximum atomic E-state index is 13.5. The van der Waals surface area contributed by atoms with Gasteiger partial charge >= 0.3 is 5.97 Å². The number of ether oxygens (including phenoxy) is 1. The molecule has 0 aromatic rings. The monoisotopic (exact) mass is 1090 g/mol. The summed E-state index contributed by atoms with van der Waals surface area (Å²) in [6, 6.07) is -0.898. The number of nitrogens with one attached hydrogen (secondary N) is 1. The number of phosphoric acid groups is 1. The van der Waals surface area contributed by atoms with E-state index in [2.05, 4.69) is 74.7 Å². The number of allylic oxidation sites excluding steroid dienone is 9. The van der Waals surface area contributed by atoms with Crippen LogP contribution in [0.1, 0.15) is 297 Å². The number of hydrogen-bond donors (Lipinski definition) is 1. The van der Waals surface area contributed by atoms with E-state index in [0.717, 1.165) is 96.3 Å². The van der Waals surface area contributed by atoms with Crippen LogP contribution in [0, 0.1) is 0 Å². The van der Waals surface area contributed by atoms with Gasteiger partial charge in [-0.1, -0.05) is 268 Å². The fourth-order valence-electron chi connectivity index (χ4n) is 9.21. The van der Waals surface area contributed by atoms with Crippen LogP contribution in [0.25, 0.3) is 0 Å². The molecule has 9 nitrogen and oxygen atoms in total. The Kier molecular flexibility index (Phi) is 54.3. The molecule has 0 aromatic carbocycles. The van der Waals surface area contributed by atoms with Crippen LogP contribution >= 0.6 is 7.82 Å². The van der Waals surface area contributed by atoms with E-state index in [-0.39, 0.29) is 24.9 Å². The Hall–Kier alpha value is -2.29. The molecule has 0 bridgehead atoms. The summed E-state index contributed by atoms with van der Waals surface area (Å²) >= 11 is 0. The number of phosphoric ester groups is 1. The first kappa shape index (κ1) is 73.7. The second-order valence-corrected chi connectivity index (χ2v) is 24.3. The SMILES string of the molecule is CCCCC/C=C\C/C=C\C/C=C\C/C=C\CCCCCCCC(=O)NC(COP(=O)([O-])OCC[N+](C)(C)C)C(/C=C/CCCCCCCCCCCC)OC(=O)CCCCCCCCCCCCCCCCCCC. The Bertz CT molecular complexity index is 1490. The Labute approximate surface area is 471 Å². The molecule has 0 heterocycles. The van der Waals surface area contributed by atoms with Crippen molar-refractivity contribution in [1.82, 2.24) is 5.32 Å². The van der Waals surface area contributed by atoms with E-state index in [1.165, 1.54) is 167 Å². The van der Waals surface area contributed by atoms with E-state index in [0.29, 0.717) is 17.4 Å². The van der Waals surface area contributed by atoms with E-state index >= 15 is 0 Å². The maximum absolute atomic E-state index is 13.5. The van der Waals surface area contributed by atoms with Gasteiger partial charge in [0.2, 0.25) is 5.91 Å². The van der Waals surface area contributed by atoms with Crippen LogP contribution in [0.4, 0.5) is 0 Å². The Morgan fingerprint density at radius 3 is 1.22 bits per heavy atom. The molecule has 1 amide bonds. The predicted molar refractivity (Wildman–Crippen MR) is 325 cm³/mol. The quantitative estimate of drug-likeness (QED) is 0.0212. The average Bonchev–Trinajstić information content (AvgIpc) is 3.38. The van der Waals surface area contributed by atoms with Crippen LogP contribution in [0.5, 0.6) is 0 Å². The van der Waals surface area contributed by atoms with Gasteiger partial charge < -0.3 is 28.5 Å². The minimum absolute atomic E-state index is 0.0264. The van der Waals surface area contributed by atoms with Crippen LogP contribution in [-0.2, 0) is 27.9 Å². The summed E-state index contributed by atoms with van der Waals surface area (Å²) in [6.45, 7) is 6.82. The Balaban J connectivity index is 5.25. The first-order valence-corrected chi connectivity index (χ1v) is 33.6. The number of likely N-dealkylation sites (N-methyl/N-ethyl adjacent to an activating group) is 1. The number of hydrogen-bond acceptors (Lipinski definition) is 7. The van der Waals surface area contributed by atoms with Crippen molar-refractivity contribution in [3.05, 3.63) is 60.8 Å². The van der Waals surface area contributed by atoms with Crippen molar-refractivity contribution in [3.63, 3.8) is 0 Å². The van der Waals surface area contributed by atoms with Gasteiger partial charge in [0.15, 0.2) is 0 Å². The zero-order valence-electron chi connectivity index (χ0n) is 50.7. The van der Waals surface area contributed by atoms with Crippen molar-refractivity contribution in [2.45, 2.75) is 309 Å². The van der Waals surface area contributed by atoms with Crippen molar-refractivity contribution < 1.29 is 37.3 Å². The van der Waals surface area contributed by atoms with E-state index < -0.39 is 26.6 Å². The fourth-order valence-corrected chi connectivity index (χ4v) is 9.94. The van der Waals surface area contributed by atoms with Gasteiger partial charge in [-0.25, -0.2) is 0 Å². The molecule has 0 saturated heterocycles. The fraction of sp³-hybridized carbons (Fsp3) is 0.818. The highest BCUT2D eigenvalue weighted by atomic mass is 31.2. The lowest BCUT2D eigenvalue weighted by atomic mass is 10.0. The molecule has 76 heavy (non-hydrogen) atoms. The van der Waals surface area contributed by atoms with Gasteiger partial charge in [-0.2, -0.15) is 0 Å². The highest BCUT2D eigenvalue weighted by Crippen LogP contribution is 2.38. The lowest BCUT2D eigenvalue weighted by Gasteiger charge is -2.30. The van der Waals surface area contributed by atoms with Crippen molar-refractivity contribution in [1.29, 1.82) is 0 Å². The van der Waals surface area contributed by atoms with E-state index in [9.17, 15) is 19.0 Å². The summed E-state index contributed by atoms with van der Waals surface area (Å²) < 4.78 is 30.3. The van der Waals surface area contributed by atoms with Crippen molar-refractivity contribution >= 4 is 19.7 Å². The van der Waals surface area contributed by atoms with Crippen LogP contribution in [0.2, 0.25) is 0 Å². The lowest BCUT2D eigenvalue weighted by molar-refractivity contribution is -0.870. The second kappa shape index (κ2) is 56.0. The molecule has 0 aliphatic heterocycles. The minimum Gasteiger partial charge on any atom is -0.756 e. The molecule has 0 saturated carbocycles. The number of rotatable bonds is 58. The summed E-state index contributed by atoms with van der Waals surface area (Å²) in [4.78, 5) is 40.0. The van der Waals surface area contributed by atoms with Crippen LogP contribution in [0.15, 0.2) is 60.8 Å². The molecule has 0 rings (SSSR count). The summed E-state index contributed by atoms with van der Waals surface area (Å²) in [7, 11) is 1.18. The smallest absolute Gasteiger partial charge is 0.306 e. The normalized spacial score (nSPS) is 14.0. The Morgan fingerprint density at radius 2 is 0.803 bits per heavy atom. The maximum Gasteiger partial charge on any atom is 0.306 e. The van der Waals surface area contributed by atoms with Crippen LogP contribution in [-0.4, -0.2) is 69.4 Å². The van der Waals surface area contributed by atoms with Gasteiger partial charge in [-0.05, 0) is 76.7 Å². The zero-order valence-corrected chi connectivity index (χ0v) is 51.6. The highest BCUT2D eigenvalue weighted by Gasteiger charge is 2.27. The summed E-state index contributed by atoms with van der Waals surface area (Å²) in [6.07, 6.45) is 70.4. The number of quaternary nitrogens is 1. The van der Waals surface area contributed by atoms with Crippen molar-refractivity contribution in [3.8, 4) is 0 Å². The third kappa shape index (κ3) is 56.4. The van der Waals surface area contributed by atoms with Crippen LogP contribution in [0.3, 0.4) is 0 Å². The van der Waals surface area contributed by atoms with Gasteiger partial charge in [0.1, 0.15) is 19.3 Å². The molecular formula is C66H123N2O7P. The predicted octanol–water partition coefficient (Wildman–Crippen LogP) is 19.2. The summed E-state index contributed by atoms with van der Waals surface area (Å²) in [5, 5.41) is 3.02. The van der Waals surface area contributed by atoms with Crippen LogP contribution < -0.4 is 10.2 Å². The van der Waals surface area contributed by atoms with E-state index in [1.54, 1.807) is 0 Å². The number of carbonyl (C=O) groups excluding carboxylic acids is 2. The summed E-state index contributed by atoms with van der Waals surface area (Å²) in [5.74, 6) is -0.553. The molecule has 0 aliphatic carbocycles. The average molecular weight is 1090 g/mol. The molecule has 0 fully saturated rings. The molecule has 0 aliphatic rings. The van der Waals surface area contributed by atoms with Crippen molar-refractivity contribution in [2.75, 3.05) is 40.9 Å². The number of carbonyl (C=O) groups is 2. The molecule has 444 valence electrons.